The van der Waals surface area contributed by atoms with Crippen LogP contribution in [0.1, 0.15) is 20.3 Å². The van der Waals surface area contributed by atoms with E-state index in [-0.39, 0.29) is 56.6 Å². The third kappa shape index (κ3) is 9.80. The molecule has 0 bridgehead atoms. The normalized spacial score (nSPS) is 7.25. The maximum Gasteiger partial charge on any atom is 0.137 e. The molecule has 0 heterocycles. The van der Waals surface area contributed by atoms with E-state index in [9.17, 15) is 9.59 Å². The molecule has 0 amide bonds. The van der Waals surface area contributed by atoms with Crippen molar-refractivity contribution in [3.05, 3.63) is 0 Å². The molecule has 0 saturated heterocycles. The third-order valence-electron chi connectivity index (χ3n) is 0.498. The molecule has 0 aromatic rings. The summed E-state index contributed by atoms with van der Waals surface area (Å²) in [6.07, 6.45) is 0.0833. The molecule has 0 aromatic carbocycles. The Bertz CT molecular complexity index is 86.6. The fourth-order valence-electron chi connectivity index (χ4n) is 0.351. The summed E-state index contributed by atoms with van der Waals surface area (Å²) >= 11 is 0. The molecule has 0 aliphatic rings. The molecule has 0 aromatic heterocycles. The summed E-state index contributed by atoms with van der Waals surface area (Å²) in [5, 5.41) is 0. The maximum atomic E-state index is 10.0. The van der Waals surface area contributed by atoms with Crippen LogP contribution in [0.15, 0.2) is 0 Å². The Balaban J connectivity index is 0. The van der Waals surface area contributed by atoms with Crippen LogP contribution in [0.3, 0.4) is 0 Å². The van der Waals surface area contributed by atoms with Crippen molar-refractivity contribution in [2.75, 3.05) is 0 Å². The second-order valence-corrected chi connectivity index (χ2v) is 1.58. The van der Waals surface area contributed by atoms with Crippen LogP contribution in [0.2, 0.25) is 0 Å². The smallest absolute Gasteiger partial charge is 0.137 e. The molecule has 0 unspecified atom stereocenters. The van der Waals surface area contributed by atoms with Crippen LogP contribution in [0.25, 0.3) is 0 Å². The molecular weight excluding hydrogens is 251 g/mol. The molecule has 0 atom stereocenters. The van der Waals surface area contributed by atoms with Crippen molar-refractivity contribution in [3.63, 3.8) is 0 Å². The van der Waals surface area contributed by atoms with E-state index < -0.39 is 0 Å². The van der Waals surface area contributed by atoms with E-state index in [1.54, 1.807) is 0 Å². The van der Waals surface area contributed by atoms with Crippen molar-refractivity contribution < 1.29 is 48.2 Å². The minimum Gasteiger partial charge on any atom is -0.300 e. The summed E-state index contributed by atoms with van der Waals surface area (Å²) in [4.78, 5) is 20.1. The van der Waals surface area contributed by atoms with E-state index in [0.717, 1.165) is 0 Å². The van der Waals surface area contributed by atoms with Crippen molar-refractivity contribution in [3.8, 4) is 0 Å². The van der Waals surface area contributed by atoms with E-state index in [1.165, 1.54) is 13.8 Å². The van der Waals surface area contributed by atoms with Crippen LogP contribution in [0, 0.1) is 38.6 Å². The van der Waals surface area contributed by atoms with Crippen LogP contribution in [0.5, 0.6) is 0 Å². The zero-order valence-electron chi connectivity index (χ0n) is 4.86. The summed E-state index contributed by atoms with van der Waals surface area (Å²) in [6, 6.07) is 0. The number of carbonyl (C=O) groups excluding carboxylic acids is 2. The zero-order valence-corrected chi connectivity index (χ0v) is 7.00. The van der Waals surface area contributed by atoms with E-state index in [1.807, 2.05) is 0 Å². The first-order chi connectivity index (χ1) is 3.13. The molecule has 0 fully saturated rings. The molecule has 0 aliphatic heterocycles. The topological polar surface area (TPSA) is 34.1 Å². The van der Waals surface area contributed by atoms with Gasteiger partial charge < -0.3 is 0 Å². The van der Waals surface area contributed by atoms with Gasteiger partial charge in [-0.25, -0.2) is 0 Å². The van der Waals surface area contributed by atoms with Gasteiger partial charge in [-0.05, 0) is 13.8 Å². The number of hydrogen-bond donors (Lipinski definition) is 0. The second kappa shape index (κ2) is 5.76. The van der Waals surface area contributed by atoms with Gasteiger partial charge in [-0.15, -0.1) is 0 Å². The Morgan fingerprint density at radius 2 is 1.38 bits per heavy atom. The van der Waals surface area contributed by atoms with Crippen molar-refractivity contribution >= 4 is 11.6 Å². The number of Topliss-reactive ketones (excluding diaryl/α,β-unsaturated/α-hetero) is 2. The molecule has 0 spiro atoms. The predicted molar refractivity (Wildman–Crippen MR) is 26.0 cm³/mol. The Labute approximate surface area is 79.5 Å². The van der Waals surface area contributed by atoms with Crippen molar-refractivity contribution in [2.24, 2.45) is 0 Å². The summed E-state index contributed by atoms with van der Waals surface area (Å²) in [5.41, 5.74) is 0. The van der Waals surface area contributed by atoms with Crippen molar-refractivity contribution in [1.29, 1.82) is 0 Å². The predicted octanol–water partition coefficient (Wildman–Crippen LogP) is 0.554. The second-order valence-electron chi connectivity index (χ2n) is 1.58. The standard InChI is InChI=1S/C5H8O2.Tb/c1-4(6)3-5(2)7;/h3H2,1-2H3;. The van der Waals surface area contributed by atoms with Gasteiger partial charge in [-0.1, -0.05) is 0 Å². The molecule has 0 saturated carbocycles. The number of rotatable bonds is 2. The first kappa shape index (κ1) is 11.4. The van der Waals surface area contributed by atoms with E-state index >= 15 is 0 Å². The van der Waals surface area contributed by atoms with Crippen LogP contribution in [0.4, 0.5) is 0 Å². The molecule has 0 aliphatic carbocycles. The van der Waals surface area contributed by atoms with Gasteiger partial charge in [-0.3, -0.25) is 9.59 Å². The SMILES string of the molecule is CC(=O)CC(C)=O.[Tb]. The zero-order chi connectivity index (χ0) is 5.86. The molecule has 1 radical (unpaired) electrons. The van der Waals surface area contributed by atoms with Gasteiger partial charge in [0.25, 0.3) is 0 Å². The monoisotopic (exact) mass is 259 g/mol. The molecule has 2 nitrogen and oxygen atoms in total. The third-order valence-corrected chi connectivity index (χ3v) is 0.498. The molecule has 0 rings (SSSR count). The van der Waals surface area contributed by atoms with E-state index in [2.05, 4.69) is 0 Å². The van der Waals surface area contributed by atoms with Gasteiger partial charge in [0.15, 0.2) is 0 Å². The van der Waals surface area contributed by atoms with Gasteiger partial charge in [0, 0.05) is 38.6 Å². The Kier molecular flexibility index (Phi) is 8.22. The fourth-order valence-corrected chi connectivity index (χ4v) is 0.351. The maximum absolute atomic E-state index is 10.0. The molecule has 49 valence electrons. The van der Waals surface area contributed by atoms with Crippen LogP contribution >= 0.6 is 0 Å². The van der Waals surface area contributed by atoms with Gasteiger partial charge in [0.05, 0.1) is 6.42 Å². The Morgan fingerprint density at radius 1 is 1.12 bits per heavy atom. The van der Waals surface area contributed by atoms with E-state index in [0.29, 0.717) is 0 Å². The molecular formula is C5H8O2Tb. The minimum atomic E-state index is -0.0625. The molecule has 0 N–H and O–H groups in total. The van der Waals surface area contributed by atoms with Gasteiger partial charge in [0.1, 0.15) is 11.6 Å². The summed E-state index contributed by atoms with van der Waals surface area (Å²) in [6.45, 7) is 2.81. The molecule has 3 heteroatoms. The van der Waals surface area contributed by atoms with Crippen molar-refractivity contribution in [2.45, 2.75) is 20.3 Å². The van der Waals surface area contributed by atoms with Gasteiger partial charge >= 0.3 is 0 Å². The minimum absolute atomic E-state index is 0. The first-order valence-corrected chi connectivity index (χ1v) is 2.12. The van der Waals surface area contributed by atoms with Crippen LogP contribution < -0.4 is 0 Å². The number of carbonyl (C=O) groups is 2. The summed E-state index contributed by atoms with van der Waals surface area (Å²) in [5.74, 6) is -0.125. The fraction of sp³-hybridized carbons (Fsp3) is 0.600. The Morgan fingerprint density at radius 3 is 1.38 bits per heavy atom. The van der Waals surface area contributed by atoms with E-state index in [4.69, 9.17) is 0 Å². The largest absolute Gasteiger partial charge is 0.300 e. The number of ketones is 2. The Hall–Kier alpha value is 0.626. The van der Waals surface area contributed by atoms with Gasteiger partial charge in [-0.2, -0.15) is 0 Å². The van der Waals surface area contributed by atoms with Gasteiger partial charge in [0.2, 0.25) is 0 Å². The first-order valence-electron chi connectivity index (χ1n) is 2.12. The average Bonchev–Trinajstić information content (AvgIpc) is 1.27. The van der Waals surface area contributed by atoms with Crippen molar-refractivity contribution in [1.82, 2.24) is 0 Å². The van der Waals surface area contributed by atoms with Crippen LogP contribution in [-0.4, -0.2) is 11.6 Å². The average molecular weight is 259 g/mol. The molecule has 8 heavy (non-hydrogen) atoms. The van der Waals surface area contributed by atoms with Crippen LogP contribution in [-0.2, 0) is 9.59 Å². The number of hydrogen-bond acceptors (Lipinski definition) is 2. The quantitative estimate of drug-likeness (QED) is 0.679. The summed E-state index contributed by atoms with van der Waals surface area (Å²) in [7, 11) is 0. The summed E-state index contributed by atoms with van der Waals surface area (Å²) < 4.78 is 0.